The summed E-state index contributed by atoms with van der Waals surface area (Å²) in [6, 6.07) is 8.61. The lowest BCUT2D eigenvalue weighted by Gasteiger charge is -2.19. The Kier molecular flexibility index (Phi) is 28.0. The van der Waals surface area contributed by atoms with E-state index in [2.05, 4.69) is 72.4 Å². The Labute approximate surface area is 181 Å². The summed E-state index contributed by atoms with van der Waals surface area (Å²) in [6.07, 6.45) is 1.16. The molecule has 29 heavy (non-hydrogen) atoms. The van der Waals surface area contributed by atoms with Crippen LogP contribution in [0.25, 0.3) is 0 Å². The van der Waals surface area contributed by atoms with E-state index in [0.29, 0.717) is 5.92 Å². The van der Waals surface area contributed by atoms with Gasteiger partial charge in [-0.15, -0.1) is 0 Å². The number of unbranched alkanes of at least 4 members (excludes halogenated alkanes) is 1. The second-order valence-electron chi connectivity index (χ2n) is 6.88. The summed E-state index contributed by atoms with van der Waals surface area (Å²) in [7, 11) is 0. The molecule has 0 fully saturated rings. The van der Waals surface area contributed by atoms with Gasteiger partial charge in [0.05, 0.1) is 0 Å². The third-order valence-electron chi connectivity index (χ3n) is 4.13. The first-order valence-electron chi connectivity index (χ1n) is 11.2. The number of alkyl halides is 3. The molecule has 0 heterocycles. The average Bonchev–Trinajstić information content (AvgIpc) is 2.67. The van der Waals surface area contributed by atoms with Gasteiger partial charge in [0.2, 0.25) is 0 Å². The van der Waals surface area contributed by atoms with Crippen LogP contribution in [0, 0.1) is 18.8 Å². The third-order valence-corrected chi connectivity index (χ3v) is 4.13. The highest BCUT2D eigenvalue weighted by molar-refractivity contribution is 5.21. The first-order valence-corrected chi connectivity index (χ1v) is 11.2. The van der Waals surface area contributed by atoms with Crippen molar-refractivity contribution < 1.29 is 13.2 Å². The van der Waals surface area contributed by atoms with Crippen LogP contribution in [0.2, 0.25) is 0 Å². The van der Waals surface area contributed by atoms with Crippen molar-refractivity contribution in [2.75, 3.05) is 0 Å². The van der Waals surface area contributed by atoms with E-state index in [0.717, 1.165) is 12.3 Å². The van der Waals surface area contributed by atoms with Crippen LogP contribution in [-0.4, -0.2) is 6.18 Å². The third kappa shape index (κ3) is 31.7. The highest BCUT2D eigenvalue weighted by Gasteiger charge is 2.15. The topological polar surface area (TPSA) is 0 Å². The fourth-order valence-electron chi connectivity index (χ4n) is 2.19. The highest BCUT2D eigenvalue weighted by Crippen LogP contribution is 2.22. The quantitative estimate of drug-likeness (QED) is 0.403. The van der Waals surface area contributed by atoms with E-state index in [1.165, 1.54) is 36.0 Å². The first-order chi connectivity index (χ1) is 13.4. The van der Waals surface area contributed by atoms with E-state index in [1.54, 1.807) is 0 Å². The number of rotatable bonds is 6. The summed E-state index contributed by atoms with van der Waals surface area (Å²) in [6.45, 7) is 25.5. The van der Waals surface area contributed by atoms with Gasteiger partial charge in [-0.3, -0.25) is 0 Å². The summed E-state index contributed by atoms with van der Waals surface area (Å²) in [5.41, 5.74) is 4.11. The molecule has 0 aliphatic carbocycles. The Bertz CT molecular complexity index is 455. The molecular weight excluding hydrogens is 369 g/mol. The molecule has 0 amide bonds. The van der Waals surface area contributed by atoms with Crippen molar-refractivity contribution in [3.8, 4) is 0 Å². The Morgan fingerprint density at radius 1 is 1.03 bits per heavy atom. The van der Waals surface area contributed by atoms with Crippen LogP contribution in [0.15, 0.2) is 36.4 Å². The lowest BCUT2D eigenvalue weighted by atomic mass is 9.87. The maximum absolute atomic E-state index is 10.4. The summed E-state index contributed by atoms with van der Waals surface area (Å²) < 4.78 is 31.1. The minimum absolute atomic E-state index is 0.188. The van der Waals surface area contributed by atoms with Gasteiger partial charge in [0.1, 0.15) is 0 Å². The number of aryl methyl sites for hydroxylation is 2. The molecule has 0 saturated heterocycles. The zero-order valence-corrected chi connectivity index (χ0v) is 21.1. The van der Waals surface area contributed by atoms with Crippen molar-refractivity contribution in [3.63, 3.8) is 0 Å². The van der Waals surface area contributed by atoms with E-state index in [9.17, 15) is 13.2 Å². The van der Waals surface area contributed by atoms with Crippen molar-refractivity contribution in [3.05, 3.63) is 47.5 Å². The molecule has 0 N–H and O–H groups in total. The standard InChI is InChI=1S/C11H22.C9H12.C2H3F3.2C2H6/c1-6-7-8-10(4)11(5)9(2)3;1-3-9-6-4-5-8(2)7-9;1-2(3,4)5;2*1-2/h10-11H,2,6-8H2,1,3-5H3;4-7H,3H2,1-2H3;1H3;2*1-2H3. The molecule has 0 aliphatic rings. The molecule has 3 heteroatoms. The number of allylic oxidation sites excluding steroid dienone is 1. The Hall–Kier alpha value is -1.25. The van der Waals surface area contributed by atoms with Gasteiger partial charge in [-0.1, -0.05) is 117 Å². The first kappa shape index (κ1) is 35.2. The molecule has 0 nitrogen and oxygen atoms in total. The molecule has 1 aromatic rings. The van der Waals surface area contributed by atoms with Gasteiger partial charge in [-0.25, -0.2) is 0 Å². The molecule has 2 unspecified atom stereocenters. The van der Waals surface area contributed by atoms with Crippen LogP contribution < -0.4 is 0 Å². The predicted octanol–water partition coefficient (Wildman–Crippen LogP) is 10.2. The number of halogens is 3. The number of benzene rings is 1. The van der Waals surface area contributed by atoms with E-state index in [1.807, 2.05) is 27.7 Å². The maximum Gasteiger partial charge on any atom is 0.386 e. The fourth-order valence-corrected chi connectivity index (χ4v) is 2.19. The van der Waals surface area contributed by atoms with Gasteiger partial charge in [-0.05, 0) is 37.7 Å². The smallest absolute Gasteiger partial charge is 0.172 e. The van der Waals surface area contributed by atoms with Crippen molar-refractivity contribution in [1.82, 2.24) is 0 Å². The lowest BCUT2D eigenvalue weighted by Crippen LogP contribution is -2.08. The molecule has 0 bridgehead atoms. The zero-order valence-electron chi connectivity index (χ0n) is 21.1. The van der Waals surface area contributed by atoms with Gasteiger partial charge in [0, 0.05) is 6.92 Å². The van der Waals surface area contributed by atoms with Gasteiger partial charge in [0.15, 0.2) is 0 Å². The van der Waals surface area contributed by atoms with Gasteiger partial charge < -0.3 is 0 Å². The van der Waals surface area contributed by atoms with Gasteiger partial charge >= 0.3 is 6.18 Å². The maximum atomic E-state index is 10.4. The van der Waals surface area contributed by atoms with Crippen molar-refractivity contribution in [1.29, 1.82) is 0 Å². The Balaban J connectivity index is -0.000000156. The van der Waals surface area contributed by atoms with Crippen molar-refractivity contribution >= 4 is 0 Å². The molecule has 0 aromatic heterocycles. The predicted molar refractivity (Wildman–Crippen MR) is 128 cm³/mol. The summed E-state index contributed by atoms with van der Waals surface area (Å²) in [4.78, 5) is 0. The zero-order chi connectivity index (χ0) is 24.0. The van der Waals surface area contributed by atoms with Gasteiger partial charge in [0.25, 0.3) is 0 Å². The minimum Gasteiger partial charge on any atom is -0.172 e. The molecule has 174 valence electrons. The van der Waals surface area contributed by atoms with Crippen LogP contribution in [0.3, 0.4) is 0 Å². The summed E-state index contributed by atoms with van der Waals surface area (Å²) >= 11 is 0. The molecule has 1 aromatic carbocycles. The summed E-state index contributed by atoms with van der Waals surface area (Å²) in [5.74, 6) is 1.51. The van der Waals surface area contributed by atoms with Crippen LogP contribution in [0.4, 0.5) is 13.2 Å². The largest absolute Gasteiger partial charge is 0.386 e. The molecule has 0 spiro atoms. The molecule has 0 aliphatic heterocycles. The van der Waals surface area contributed by atoms with Crippen LogP contribution >= 0.6 is 0 Å². The number of hydrogen-bond donors (Lipinski definition) is 0. The molecular formula is C26H49F3. The second-order valence-corrected chi connectivity index (χ2v) is 6.88. The lowest BCUT2D eigenvalue weighted by molar-refractivity contribution is -0.110. The second kappa shape index (κ2) is 23.0. The van der Waals surface area contributed by atoms with Crippen molar-refractivity contribution in [2.24, 2.45) is 11.8 Å². The van der Waals surface area contributed by atoms with Crippen LogP contribution in [-0.2, 0) is 6.42 Å². The van der Waals surface area contributed by atoms with E-state index in [-0.39, 0.29) is 6.92 Å². The minimum atomic E-state index is -4.00. The average molecular weight is 419 g/mol. The molecule has 2 atom stereocenters. The monoisotopic (exact) mass is 418 g/mol. The molecule has 0 radical (unpaired) electrons. The Morgan fingerprint density at radius 2 is 1.48 bits per heavy atom. The fraction of sp³-hybridized carbons (Fsp3) is 0.692. The van der Waals surface area contributed by atoms with Crippen LogP contribution in [0.1, 0.15) is 99.6 Å². The Morgan fingerprint density at radius 3 is 1.76 bits per heavy atom. The highest BCUT2D eigenvalue weighted by atomic mass is 19.4. The normalized spacial score (nSPS) is 11.5. The van der Waals surface area contributed by atoms with E-state index in [4.69, 9.17) is 0 Å². The molecule has 1 rings (SSSR count). The van der Waals surface area contributed by atoms with E-state index >= 15 is 0 Å². The SMILES string of the molecule is C=C(C)C(C)C(C)CCCC.CC.CC.CC(F)(F)F.CCc1cccc(C)c1. The van der Waals surface area contributed by atoms with Crippen LogP contribution in [0.5, 0.6) is 0 Å². The summed E-state index contributed by atoms with van der Waals surface area (Å²) in [5, 5.41) is 0. The molecule has 0 saturated carbocycles. The van der Waals surface area contributed by atoms with Gasteiger partial charge in [-0.2, -0.15) is 13.2 Å². The van der Waals surface area contributed by atoms with E-state index < -0.39 is 6.18 Å². The number of hydrogen-bond acceptors (Lipinski definition) is 0. The van der Waals surface area contributed by atoms with Crippen molar-refractivity contribution in [2.45, 2.75) is 108 Å².